The van der Waals surface area contributed by atoms with E-state index in [1.807, 2.05) is 60.7 Å². The summed E-state index contributed by atoms with van der Waals surface area (Å²) in [4.78, 5) is 4.67. The Labute approximate surface area is 197 Å². The third kappa shape index (κ3) is 5.38. The molecule has 0 bridgehead atoms. The standard InChI is InChI=1S/C27H25N5O2/c1-19(14-27-29-31-32-30-27)22-8-5-10-25(16-22)33-17-20-6-4-9-24(15-20)34-18-23-13-12-21-7-2-3-11-26(21)28-23/h2-13,15-16,19H,14,17-18H2,1H3,(H,29,30,31,32). The second-order valence-corrected chi connectivity index (χ2v) is 8.25. The van der Waals surface area contributed by atoms with E-state index in [9.17, 15) is 0 Å². The fourth-order valence-electron chi connectivity index (χ4n) is 3.82. The molecule has 0 saturated heterocycles. The highest BCUT2D eigenvalue weighted by atomic mass is 16.5. The van der Waals surface area contributed by atoms with E-state index in [1.165, 1.54) is 5.56 Å². The minimum Gasteiger partial charge on any atom is -0.489 e. The van der Waals surface area contributed by atoms with Gasteiger partial charge in [0.25, 0.3) is 0 Å². The predicted molar refractivity (Wildman–Crippen MR) is 130 cm³/mol. The van der Waals surface area contributed by atoms with Gasteiger partial charge in [0.2, 0.25) is 0 Å². The van der Waals surface area contributed by atoms with E-state index < -0.39 is 0 Å². The third-order valence-corrected chi connectivity index (χ3v) is 5.66. The Morgan fingerprint density at radius 3 is 2.53 bits per heavy atom. The van der Waals surface area contributed by atoms with Crippen LogP contribution in [-0.4, -0.2) is 25.6 Å². The number of aromatic nitrogens is 5. The number of nitrogens with zero attached hydrogens (tertiary/aromatic N) is 4. The van der Waals surface area contributed by atoms with Gasteiger partial charge in [0.1, 0.15) is 30.5 Å². The van der Waals surface area contributed by atoms with Gasteiger partial charge in [0.05, 0.1) is 11.2 Å². The zero-order valence-electron chi connectivity index (χ0n) is 18.9. The highest BCUT2D eigenvalue weighted by Crippen LogP contribution is 2.24. The second-order valence-electron chi connectivity index (χ2n) is 8.25. The molecule has 1 N–H and O–H groups in total. The van der Waals surface area contributed by atoms with Crippen LogP contribution in [0.15, 0.2) is 84.9 Å². The zero-order chi connectivity index (χ0) is 23.2. The lowest BCUT2D eigenvalue weighted by Gasteiger charge is -2.13. The molecule has 170 valence electrons. The molecular formula is C27H25N5O2. The van der Waals surface area contributed by atoms with Crippen LogP contribution in [0.2, 0.25) is 0 Å². The number of nitrogens with one attached hydrogen (secondary N) is 1. The van der Waals surface area contributed by atoms with Crippen LogP contribution in [-0.2, 0) is 19.6 Å². The van der Waals surface area contributed by atoms with E-state index in [1.54, 1.807) is 0 Å². The summed E-state index contributed by atoms with van der Waals surface area (Å²) in [6.07, 6.45) is 0.738. The second kappa shape index (κ2) is 10.1. The first-order chi connectivity index (χ1) is 16.7. The number of hydrogen-bond donors (Lipinski definition) is 1. The van der Waals surface area contributed by atoms with Gasteiger partial charge >= 0.3 is 0 Å². The van der Waals surface area contributed by atoms with Crippen LogP contribution in [0.3, 0.4) is 0 Å². The molecular weight excluding hydrogens is 426 g/mol. The van der Waals surface area contributed by atoms with Gasteiger partial charge in [-0.15, -0.1) is 5.10 Å². The molecule has 0 aliphatic rings. The van der Waals surface area contributed by atoms with Crippen molar-refractivity contribution >= 4 is 10.9 Å². The summed E-state index contributed by atoms with van der Waals surface area (Å²) in [5.74, 6) is 2.65. The van der Waals surface area contributed by atoms with Gasteiger partial charge < -0.3 is 9.47 Å². The Kier molecular flexibility index (Phi) is 6.42. The van der Waals surface area contributed by atoms with E-state index in [-0.39, 0.29) is 5.92 Å². The maximum atomic E-state index is 6.07. The molecule has 7 nitrogen and oxygen atoms in total. The van der Waals surface area contributed by atoms with Crippen molar-refractivity contribution in [1.29, 1.82) is 0 Å². The number of tetrazole rings is 1. The zero-order valence-corrected chi connectivity index (χ0v) is 18.9. The molecule has 0 aliphatic heterocycles. The number of benzene rings is 3. The Morgan fingerprint density at radius 2 is 1.65 bits per heavy atom. The van der Waals surface area contributed by atoms with Crippen molar-refractivity contribution in [3.05, 3.63) is 108 Å². The smallest absolute Gasteiger partial charge is 0.149 e. The van der Waals surface area contributed by atoms with Crippen LogP contribution in [0.5, 0.6) is 11.5 Å². The number of pyridine rings is 1. The summed E-state index contributed by atoms with van der Waals surface area (Å²) in [6, 6.07) is 28.3. The van der Waals surface area contributed by atoms with Crippen LogP contribution < -0.4 is 9.47 Å². The van der Waals surface area contributed by atoms with Crippen molar-refractivity contribution in [2.45, 2.75) is 32.5 Å². The molecule has 5 rings (SSSR count). The molecule has 5 aromatic rings. The Morgan fingerprint density at radius 1 is 0.824 bits per heavy atom. The summed E-state index contributed by atoms with van der Waals surface area (Å²) in [5.41, 5.74) is 4.08. The van der Waals surface area contributed by atoms with Crippen molar-refractivity contribution in [3.63, 3.8) is 0 Å². The number of ether oxygens (including phenoxy) is 2. The van der Waals surface area contributed by atoms with Gasteiger partial charge in [0.15, 0.2) is 0 Å². The molecule has 0 fully saturated rings. The van der Waals surface area contributed by atoms with Gasteiger partial charge in [-0.2, -0.15) is 0 Å². The molecule has 0 radical (unpaired) electrons. The topological polar surface area (TPSA) is 85.8 Å². The highest BCUT2D eigenvalue weighted by Gasteiger charge is 2.10. The van der Waals surface area contributed by atoms with Gasteiger partial charge in [0, 0.05) is 11.8 Å². The van der Waals surface area contributed by atoms with Crippen molar-refractivity contribution < 1.29 is 9.47 Å². The first-order valence-electron chi connectivity index (χ1n) is 11.2. The molecule has 1 unspecified atom stereocenters. The van der Waals surface area contributed by atoms with Crippen molar-refractivity contribution in [2.24, 2.45) is 0 Å². The van der Waals surface area contributed by atoms with Gasteiger partial charge in [-0.25, -0.2) is 10.1 Å². The van der Waals surface area contributed by atoms with E-state index in [2.05, 4.69) is 56.8 Å². The number of aromatic amines is 1. The lowest BCUT2D eigenvalue weighted by Crippen LogP contribution is -2.02. The maximum absolute atomic E-state index is 6.07. The molecule has 0 spiro atoms. The van der Waals surface area contributed by atoms with Crippen molar-refractivity contribution in [2.75, 3.05) is 0 Å². The van der Waals surface area contributed by atoms with Crippen LogP contribution in [0.4, 0.5) is 0 Å². The Hall–Kier alpha value is -4.26. The average molecular weight is 452 g/mol. The Balaban J connectivity index is 1.18. The molecule has 1 atom stereocenters. The fourth-order valence-corrected chi connectivity index (χ4v) is 3.82. The van der Waals surface area contributed by atoms with E-state index >= 15 is 0 Å². The average Bonchev–Trinajstić information content (AvgIpc) is 3.39. The SMILES string of the molecule is CC(Cc1nnn[nH]1)c1cccc(OCc2cccc(OCc3ccc4ccccc4n3)c2)c1. The number of fused-ring (bicyclic) bond motifs is 1. The first kappa shape index (κ1) is 21.6. The molecule has 0 aliphatic carbocycles. The number of rotatable bonds is 9. The summed E-state index contributed by atoms with van der Waals surface area (Å²) in [6.45, 7) is 3.01. The van der Waals surface area contributed by atoms with E-state index in [0.717, 1.165) is 45.9 Å². The number of para-hydroxylation sites is 1. The van der Waals surface area contributed by atoms with Gasteiger partial charge in [-0.3, -0.25) is 0 Å². The van der Waals surface area contributed by atoms with Gasteiger partial charge in [-0.1, -0.05) is 55.5 Å². The quantitative estimate of drug-likeness (QED) is 0.329. The van der Waals surface area contributed by atoms with Crippen LogP contribution in [0.1, 0.15) is 35.5 Å². The maximum Gasteiger partial charge on any atom is 0.149 e. The number of hydrogen-bond acceptors (Lipinski definition) is 6. The number of H-pyrrole nitrogens is 1. The van der Waals surface area contributed by atoms with Crippen LogP contribution >= 0.6 is 0 Å². The molecule has 2 heterocycles. The first-order valence-corrected chi connectivity index (χ1v) is 11.2. The predicted octanol–water partition coefficient (Wildman–Crippen LogP) is 5.25. The fraction of sp³-hybridized carbons (Fsp3) is 0.185. The lowest BCUT2D eigenvalue weighted by atomic mass is 9.97. The summed E-state index contributed by atoms with van der Waals surface area (Å²) in [7, 11) is 0. The molecule has 3 aromatic carbocycles. The molecule has 2 aromatic heterocycles. The highest BCUT2D eigenvalue weighted by molar-refractivity contribution is 5.78. The van der Waals surface area contributed by atoms with Crippen LogP contribution in [0, 0.1) is 0 Å². The minimum absolute atomic E-state index is 0.263. The normalized spacial score (nSPS) is 11.9. The van der Waals surface area contributed by atoms with Crippen molar-refractivity contribution in [1.82, 2.24) is 25.6 Å². The molecule has 0 saturated carbocycles. The third-order valence-electron chi connectivity index (χ3n) is 5.66. The minimum atomic E-state index is 0.263. The van der Waals surface area contributed by atoms with Crippen molar-refractivity contribution in [3.8, 4) is 11.5 Å². The van der Waals surface area contributed by atoms with Gasteiger partial charge in [-0.05, 0) is 63.9 Å². The summed E-state index contributed by atoms with van der Waals surface area (Å²) < 4.78 is 12.1. The largest absolute Gasteiger partial charge is 0.489 e. The Bertz CT molecular complexity index is 1370. The summed E-state index contributed by atoms with van der Waals surface area (Å²) in [5, 5.41) is 15.2. The monoisotopic (exact) mass is 451 g/mol. The lowest BCUT2D eigenvalue weighted by molar-refractivity contribution is 0.293. The van der Waals surface area contributed by atoms with E-state index in [4.69, 9.17) is 9.47 Å². The van der Waals surface area contributed by atoms with E-state index in [0.29, 0.717) is 13.2 Å². The van der Waals surface area contributed by atoms with Crippen LogP contribution in [0.25, 0.3) is 10.9 Å². The molecule has 7 heteroatoms. The molecule has 34 heavy (non-hydrogen) atoms. The molecule has 0 amide bonds. The summed E-state index contributed by atoms with van der Waals surface area (Å²) >= 11 is 0.